The number of benzene rings is 1. The van der Waals surface area contributed by atoms with Gasteiger partial charge in [0, 0.05) is 12.0 Å². The fourth-order valence-electron chi connectivity index (χ4n) is 13.7. The number of carbonyl (C=O) groups excluding carboxylic acids is 1. The van der Waals surface area contributed by atoms with Gasteiger partial charge in [0.25, 0.3) is 0 Å². The summed E-state index contributed by atoms with van der Waals surface area (Å²) in [4.78, 5) is 24.8. The smallest absolute Gasteiger partial charge is 0.309 e. The number of ether oxygens (including phenoxy) is 1. The molecule has 6 rings (SSSR count). The zero-order chi connectivity index (χ0) is 36.5. The molecule has 1 aromatic carbocycles. The predicted molar refractivity (Wildman–Crippen MR) is 198 cm³/mol. The van der Waals surface area contributed by atoms with Gasteiger partial charge in [0.1, 0.15) is 11.9 Å². The molecule has 1 aromatic rings. The Morgan fingerprint density at radius 2 is 1.62 bits per heavy atom. The second-order valence-corrected chi connectivity index (χ2v) is 19.8. The van der Waals surface area contributed by atoms with E-state index < -0.39 is 11.4 Å². The summed E-state index contributed by atoms with van der Waals surface area (Å²) < 4.78 is 19.6. The van der Waals surface area contributed by atoms with Crippen LogP contribution < -0.4 is 5.32 Å². The summed E-state index contributed by atoms with van der Waals surface area (Å²) in [6.07, 6.45) is 12.9. The largest absolute Gasteiger partial charge is 0.481 e. The topological polar surface area (TPSA) is 75.6 Å². The number of carbonyl (C=O) groups is 2. The third kappa shape index (κ3) is 5.99. The van der Waals surface area contributed by atoms with Crippen LogP contribution in [0.3, 0.4) is 0 Å². The Morgan fingerprint density at radius 3 is 2.28 bits per heavy atom. The molecule has 5 aliphatic carbocycles. The summed E-state index contributed by atoms with van der Waals surface area (Å²) in [7, 11) is 0. The van der Waals surface area contributed by atoms with Gasteiger partial charge in [-0.25, -0.2) is 4.39 Å². The molecule has 2 N–H and O–H groups in total. The maximum absolute atomic E-state index is 13.5. The van der Waals surface area contributed by atoms with Gasteiger partial charge in [-0.05, 0) is 167 Å². The maximum atomic E-state index is 13.5. The summed E-state index contributed by atoms with van der Waals surface area (Å²) in [6.45, 7) is 24.5. The minimum Gasteiger partial charge on any atom is -0.481 e. The van der Waals surface area contributed by atoms with Gasteiger partial charge < -0.3 is 15.2 Å². The average Bonchev–Trinajstić information content (AvgIpc) is 3.42. The standard InChI is InChI=1S/C44H66FNO4/c1-28(2)31-16-21-44(24-25-46-27-29-10-12-30(45)13-11-29)23-22-42(8)32(37(31)44)14-15-34-41(7)19-18-35(50-36(47)26-39(3,4)38(48)49)40(5,6)33(41)17-20-43(34,42)9/h10-13,31-35,37,46H,1,14-27H2,2-9H3,(H,48,49)/t31-,32+,33-,34+,35-,37+,41-,42+,43+,44+/m0/s1. The van der Waals surface area contributed by atoms with Crippen LogP contribution >= 0.6 is 0 Å². The van der Waals surface area contributed by atoms with Crippen LogP contribution in [0.15, 0.2) is 36.4 Å². The molecule has 6 heteroatoms. The lowest BCUT2D eigenvalue weighted by molar-refractivity contribution is -0.250. The monoisotopic (exact) mass is 691 g/mol. The molecule has 0 spiro atoms. The highest BCUT2D eigenvalue weighted by Crippen LogP contribution is 2.78. The molecule has 5 saturated carbocycles. The van der Waals surface area contributed by atoms with Crippen LogP contribution in [0.5, 0.6) is 0 Å². The van der Waals surface area contributed by atoms with Crippen LogP contribution in [-0.2, 0) is 20.9 Å². The molecule has 5 nitrogen and oxygen atoms in total. The molecule has 5 fully saturated rings. The van der Waals surface area contributed by atoms with Crippen LogP contribution in [0, 0.1) is 67.9 Å². The van der Waals surface area contributed by atoms with Crippen molar-refractivity contribution in [2.45, 2.75) is 145 Å². The second-order valence-electron chi connectivity index (χ2n) is 19.8. The van der Waals surface area contributed by atoms with Crippen LogP contribution in [0.4, 0.5) is 4.39 Å². The molecule has 0 radical (unpaired) electrons. The van der Waals surface area contributed by atoms with E-state index in [1.807, 2.05) is 12.1 Å². The van der Waals surface area contributed by atoms with Crippen molar-refractivity contribution in [1.82, 2.24) is 5.32 Å². The fraction of sp³-hybridized carbons (Fsp3) is 0.773. The number of fused-ring (bicyclic) bond motifs is 7. The first-order valence-electron chi connectivity index (χ1n) is 19.8. The molecule has 0 bridgehead atoms. The van der Waals surface area contributed by atoms with Crippen molar-refractivity contribution in [2.24, 2.45) is 62.1 Å². The van der Waals surface area contributed by atoms with E-state index in [1.165, 1.54) is 56.9 Å². The normalized spacial score (nSPS) is 40.5. The molecular weight excluding hydrogens is 625 g/mol. The Morgan fingerprint density at radius 1 is 0.920 bits per heavy atom. The number of nitrogens with one attached hydrogen (secondary N) is 1. The second kappa shape index (κ2) is 13.0. The lowest BCUT2D eigenvalue weighted by Crippen LogP contribution is -2.66. The number of rotatable bonds is 10. The van der Waals surface area contributed by atoms with Gasteiger partial charge in [-0.3, -0.25) is 9.59 Å². The van der Waals surface area contributed by atoms with E-state index in [0.717, 1.165) is 37.9 Å². The van der Waals surface area contributed by atoms with Crippen LogP contribution in [0.25, 0.3) is 0 Å². The van der Waals surface area contributed by atoms with Gasteiger partial charge in [-0.1, -0.05) is 58.9 Å². The molecule has 0 aliphatic heterocycles. The number of hydrogen-bond acceptors (Lipinski definition) is 4. The number of esters is 1. The van der Waals surface area contributed by atoms with Crippen molar-refractivity contribution in [3.63, 3.8) is 0 Å². The number of aliphatic carboxylic acids is 1. The minimum absolute atomic E-state index is 0.102. The van der Waals surface area contributed by atoms with E-state index in [1.54, 1.807) is 26.0 Å². The van der Waals surface area contributed by atoms with Crippen molar-refractivity contribution >= 4 is 11.9 Å². The minimum atomic E-state index is -1.13. The van der Waals surface area contributed by atoms with Gasteiger partial charge in [-0.15, -0.1) is 0 Å². The summed E-state index contributed by atoms with van der Waals surface area (Å²) in [5.74, 6) is 1.53. The first kappa shape index (κ1) is 37.5. The summed E-state index contributed by atoms with van der Waals surface area (Å²) in [5, 5.41) is 13.3. The molecule has 0 amide bonds. The summed E-state index contributed by atoms with van der Waals surface area (Å²) in [5.41, 5.74) is 2.26. The van der Waals surface area contributed by atoms with Crippen molar-refractivity contribution < 1.29 is 23.8 Å². The molecule has 10 atom stereocenters. The lowest BCUT2D eigenvalue weighted by atomic mass is 9.32. The zero-order valence-electron chi connectivity index (χ0n) is 32.4. The highest BCUT2D eigenvalue weighted by atomic mass is 19.1. The van der Waals surface area contributed by atoms with Crippen molar-refractivity contribution in [2.75, 3.05) is 6.54 Å². The van der Waals surface area contributed by atoms with Crippen molar-refractivity contribution in [3.05, 3.63) is 47.8 Å². The summed E-state index contributed by atoms with van der Waals surface area (Å²) in [6, 6.07) is 6.89. The van der Waals surface area contributed by atoms with Gasteiger partial charge in [0.05, 0.1) is 11.8 Å². The maximum Gasteiger partial charge on any atom is 0.309 e. The van der Waals surface area contributed by atoms with E-state index in [-0.39, 0.29) is 46.0 Å². The Labute approximate surface area is 302 Å². The van der Waals surface area contributed by atoms with Gasteiger partial charge >= 0.3 is 11.9 Å². The van der Waals surface area contributed by atoms with Gasteiger partial charge in [0.2, 0.25) is 0 Å². The van der Waals surface area contributed by atoms with Gasteiger partial charge in [0.15, 0.2) is 0 Å². The van der Waals surface area contributed by atoms with Crippen LogP contribution in [0.2, 0.25) is 0 Å². The average molecular weight is 692 g/mol. The van der Waals surface area contributed by atoms with Crippen molar-refractivity contribution in [3.8, 4) is 0 Å². The van der Waals surface area contributed by atoms with E-state index in [2.05, 4.69) is 53.4 Å². The third-order valence-electron chi connectivity index (χ3n) is 16.7. The van der Waals surface area contributed by atoms with Crippen molar-refractivity contribution in [1.29, 1.82) is 0 Å². The van der Waals surface area contributed by atoms with Crippen LogP contribution in [0.1, 0.15) is 138 Å². The Hall–Kier alpha value is -2.21. The molecule has 0 saturated heterocycles. The van der Waals surface area contributed by atoms with E-state index in [9.17, 15) is 19.1 Å². The molecule has 0 unspecified atom stereocenters. The molecule has 50 heavy (non-hydrogen) atoms. The third-order valence-corrected chi connectivity index (χ3v) is 16.7. The van der Waals surface area contributed by atoms with E-state index in [0.29, 0.717) is 35.0 Å². The molecular formula is C44H66FNO4. The van der Waals surface area contributed by atoms with Crippen LogP contribution in [-0.4, -0.2) is 29.7 Å². The Kier molecular flexibility index (Phi) is 9.78. The highest BCUT2D eigenvalue weighted by Gasteiger charge is 2.71. The van der Waals surface area contributed by atoms with E-state index in [4.69, 9.17) is 4.74 Å². The number of allylic oxidation sites excluding steroid dienone is 1. The molecule has 5 aliphatic rings. The summed E-state index contributed by atoms with van der Waals surface area (Å²) >= 11 is 0. The Bertz CT molecular complexity index is 1470. The quantitative estimate of drug-likeness (QED) is 0.145. The molecule has 0 heterocycles. The first-order valence-corrected chi connectivity index (χ1v) is 19.8. The predicted octanol–water partition coefficient (Wildman–Crippen LogP) is 10.4. The SMILES string of the molecule is C=C(C)[C@@H]1CC[C@]2(CCNCc3ccc(F)cc3)CC[C@]3(C)[C@H](CC[C@@H]4[C@@]5(C)CC[C@H](OC(=O)CC(C)(C)C(=O)O)C(C)(C)[C@@H]5CC[C@]43C)[C@@H]12. The molecule has 278 valence electrons. The van der Waals surface area contributed by atoms with E-state index >= 15 is 0 Å². The first-order chi connectivity index (χ1) is 23.3. The highest BCUT2D eigenvalue weighted by molar-refractivity contribution is 5.81. The number of halogens is 1. The zero-order valence-corrected chi connectivity index (χ0v) is 32.4. The number of carboxylic acid groups (broad SMARTS) is 1. The molecule has 0 aromatic heterocycles. The fourth-order valence-corrected chi connectivity index (χ4v) is 13.7. The number of carboxylic acids is 1. The number of hydrogen-bond donors (Lipinski definition) is 2. The Balaban J connectivity index is 1.20. The van der Waals surface area contributed by atoms with Gasteiger partial charge in [-0.2, -0.15) is 0 Å². The lowest BCUT2D eigenvalue weighted by Gasteiger charge is -2.73.